The normalized spacial score (nSPS) is 18.2. The van der Waals surface area contributed by atoms with Crippen LogP contribution in [0.3, 0.4) is 0 Å². The number of carbonyl (C=O) groups is 2. The van der Waals surface area contributed by atoms with Gasteiger partial charge >= 0.3 is 0 Å². The number of ketones is 1. The number of aromatic amines is 1. The highest BCUT2D eigenvalue weighted by atomic mass is 35.5. The van der Waals surface area contributed by atoms with Crippen molar-refractivity contribution < 1.29 is 14.7 Å². The molecule has 0 bridgehead atoms. The van der Waals surface area contributed by atoms with Crippen LogP contribution in [0, 0.1) is 13.8 Å². The summed E-state index contributed by atoms with van der Waals surface area (Å²) >= 11 is 6.15. The first kappa shape index (κ1) is 19.4. The SMILES string of the molecule is Cc1n[nH]c(C)c1C(=O)C[C@@]1(O)C(=O)N(Cc2ccccc2)c2ccc(Cl)cc21. The average molecular weight is 410 g/mol. The molecule has 3 aromatic rings. The van der Waals surface area contributed by atoms with Crippen LogP contribution in [-0.4, -0.2) is 27.0 Å². The Morgan fingerprint density at radius 2 is 1.93 bits per heavy atom. The lowest BCUT2D eigenvalue weighted by Gasteiger charge is -2.23. The molecule has 1 aliphatic heterocycles. The summed E-state index contributed by atoms with van der Waals surface area (Å²) in [7, 11) is 0. The van der Waals surface area contributed by atoms with E-state index in [1.165, 1.54) is 4.90 Å². The van der Waals surface area contributed by atoms with Gasteiger partial charge in [0.25, 0.3) is 5.91 Å². The van der Waals surface area contributed by atoms with E-state index in [0.29, 0.717) is 33.2 Å². The van der Waals surface area contributed by atoms with E-state index in [2.05, 4.69) is 10.2 Å². The first-order valence-corrected chi connectivity index (χ1v) is 9.62. The summed E-state index contributed by atoms with van der Waals surface area (Å²) in [5.74, 6) is -0.886. The number of hydrogen-bond acceptors (Lipinski definition) is 4. The molecule has 148 valence electrons. The topological polar surface area (TPSA) is 86.3 Å². The minimum Gasteiger partial charge on any atom is -0.375 e. The van der Waals surface area contributed by atoms with Crippen LogP contribution in [-0.2, 0) is 16.9 Å². The number of carbonyl (C=O) groups excluding carboxylic acids is 2. The van der Waals surface area contributed by atoms with Gasteiger partial charge in [0.15, 0.2) is 11.4 Å². The van der Waals surface area contributed by atoms with Crippen LogP contribution >= 0.6 is 11.6 Å². The van der Waals surface area contributed by atoms with Crippen LogP contribution in [0.15, 0.2) is 48.5 Å². The zero-order chi connectivity index (χ0) is 20.8. The van der Waals surface area contributed by atoms with Crippen molar-refractivity contribution in [2.75, 3.05) is 4.90 Å². The number of H-pyrrole nitrogens is 1. The van der Waals surface area contributed by atoms with E-state index in [1.807, 2.05) is 30.3 Å². The summed E-state index contributed by atoms with van der Waals surface area (Å²) in [6.07, 6.45) is -0.383. The highest BCUT2D eigenvalue weighted by Gasteiger charge is 2.51. The second-order valence-electron chi connectivity index (χ2n) is 7.31. The number of Topliss-reactive ketones (excluding diaryl/α,β-unsaturated/α-hetero) is 1. The number of aromatic nitrogens is 2. The molecule has 0 fully saturated rings. The molecule has 1 aromatic heterocycles. The first-order chi connectivity index (χ1) is 13.8. The standard InChI is InChI=1S/C22H20ClN3O3/c1-13-20(14(2)25-24-13)19(27)11-22(29)17-10-16(23)8-9-18(17)26(21(22)28)12-15-6-4-3-5-7-15/h3-10,29H,11-12H2,1-2H3,(H,24,25)/t22-/m0/s1. The zero-order valence-corrected chi connectivity index (χ0v) is 16.8. The van der Waals surface area contributed by atoms with Crippen molar-refractivity contribution in [3.05, 3.63) is 81.6 Å². The van der Waals surface area contributed by atoms with E-state index in [9.17, 15) is 14.7 Å². The molecule has 1 aliphatic rings. The summed E-state index contributed by atoms with van der Waals surface area (Å²) in [6.45, 7) is 3.73. The third kappa shape index (κ3) is 3.24. The van der Waals surface area contributed by atoms with Gasteiger partial charge in [-0.25, -0.2) is 0 Å². The largest absolute Gasteiger partial charge is 0.375 e. The Balaban J connectivity index is 1.74. The van der Waals surface area contributed by atoms with E-state index in [4.69, 9.17) is 11.6 Å². The quantitative estimate of drug-likeness (QED) is 0.629. The minimum absolute atomic E-state index is 0.286. The number of benzene rings is 2. The highest BCUT2D eigenvalue weighted by Crippen LogP contribution is 2.44. The minimum atomic E-state index is -1.98. The van der Waals surface area contributed by atoms with Gasteiger partial charge in [-0.05, 0) is 37.6 Å². The number of nitrogens with zero attached hydrogens (tertiary/aromatic N) is 2. The van der Waals surface area contributed by atoms with Crippen LogP contribution in [0.1, 0.15) is 39.3 Å². The summed E-state index contributed by atoms with van der Waals surface area (Å²) in [5, 5.41) is 18.6. The molecule has 2 aromatic carbocycles. The Bertz CT molecular complexity index is 1090. The Morgan fingerprint density at radius 3 is 2.59 bits per heavy atom. The number of fused-ring (bicyclic) bond motifs is 1. The molecule has 2 heterocycles. The fourth-order valence-corrected chi connectivity index (χ4v) is 4.07. The van der Waals surface area contributed by atoms with Gasteiger partial charge in [0.1, 0.15) is 0 Å². The molecule has 2 N–H and O–H groups in total. The lowest BCUT2D eigenvalue weighted by molar-refractivity contribution is -0.136. The van der Waals surface area contributed by atoms with Gasteiger partial charge < -0.3 is 10.0 Å². The van der Waals surface area contributed by atoms with Gasteiger partial charge in [-0.3, -0.25) is 14.7 Å². The van der Waals surface area contributed by atoms with Gasteiger partial charge in [0.05, 0.1) is 29.9 Å². The van der Waals surface area contributed by atoms with Crippen molar-refractivity contribution in [3.63, 3.8) is 0 Å². The maximum absolute atomic E-state index is 13.3. The van der Waals surface area contributed by atoms with Crippen LogP contribution in [0.4, 0.5) is 5.69 Å². The number of halogens is 1. The second kappa shape index (κ2) is 7.13. The molecule has 0 aliphatic carbocycles. The molecule has 0 spiro atoms. The van der Waals surface area contributed by atoms with Crippen molar-refractivity contribution in [2.45, 2.75) is 32.4 Å². The van der Waals surface area contributed by atoms with Gasteiger partial charge in [-0.15, -0.1) is 0 Å². The second-order valence-corrected chi connectivity index (χ2v) is 7.74. The van der Waals surface area contributed by atoms with Crippen LogP contribution in [0.5, 0.6) is 0 Å². The predicted molar refractivity (Wildman–Crippen MR) is 110 cm³/mol. The van der Waals surface area contributed by atoms with Crippen LogP contribution in [0.25, 0.3) is 0 Å². The first-order valence-electron chi connectivity index (χ1n) is 9.24. The van der Waals surface area contributed by atoms with Crippen molar-refractivity contribution in [3.8, 4) is 0 Å². The maximum atomic E-state index is 13.3. The Hall–Kier alpha value is -2.96. The Morgan fingerprint density at radius 1 is 1.21 bits per heavy atom. The average Bonchev–Trinajstić information content (AvgIpc) is 3.13. The van der Waals surface area contributed by atoms with E-state index < -0.39 is 11.5 Å². The highest BCUT2D eigenvalue weighted by molar-refractivity contribution is 6.31. The molecule has 29 heavy (non-hydrogen) atoms. The molecule has 0 unspecified atom stereocenters. The molecule has 0 radical (unpaired) electrons. The predicted octanol–water partition coefficient (Wildman–Crippen LogP) is 3.69. The molecular formula is C22H20ClN3O3. The molecule has 6 nitrogen and oxygen atoms in total. The van der Waals surface area contributed by atoms with Crippen molar-refractivity contribution in [1.82, 2.24) is 10.2 Å². The molecule has 1 atom stereocenters. The molecule has 7 heteroatoms. The summed E-state index contributed by atoms with van der Waals surface area (Å²) < 4.78 is 0. The fourth-order valence-electron chi connectivity index (χ4n) is 3.90. The van der Waals surface area contributed by atoms with Gasteiger partial charge in [-0.1, -0.05) is 41.9 Å². The molecule has 0 saturated carbocycles. The number of anilines is 1. The summed E-state index contributed by atoms with van der Waals surface area (Å²) in [4.78, 5) is 27.8. The van der Waals surface area contributed by atoms with Crippen molar-refractivity contribution in [1.29, 1.82) is 0 Å². The number of aliphatic hydroxyl groups is 1. The molecule has 0 saturated heterocycles. The van der Waals surface area contributed by atoms with Crippen molar-refractivity contribution in [2.24, 2.45) is 0 Å². The summed E-state index contributed by atoms with van der Waals surface area (Å²) in [5.41, 5.74) is 1.37. The van der Waals surface area contributed by atoms with E-state index in [-0.39, 0.29) is 18.7 Å². The van der Waals surface area contributed by atoms with Crippen LogP contribution < -0.4 is 4.90 Å². The number of aryl methyl sites for hydroxylation is 2. The maximum Gasteiger partial charge on any atom is 0.264 e. The third-order valence-corrected chi connectivity index (χ3v) is 5.54. The lowest BCUT2D eigenvalue weighted by Crippen LogP contribution is -2.41. The Kier molecular flexibility index (Phi) is 4.76. The lowest BCUT2D eigenvalue weighted by atomic mass is 9.87. The smallest absolute Gasteiger partial charge is 0.264 e. The molecular weight excluding hydrogens is 390 g/mol. The third-order valence-electron chi connectivity index (χ3n) is 5.30. The zero-order valence-electron chi connectivity index (χ0n) is 16.1. The van der Waals surface area contributed by atoms with Crippen molar-refractivity contribution >= 4 is 29.0 Å². The number of amides is 1. The van der Waals surface area contributed by atoms with Crippen LogP contribution in [0.2, 0.25) is 5.02 Å². The fraction of sp³-hybridized carbons (Fsp3) is 0.227. The molecule has 4 rings (SSSR count). The number of hydrogen-bond donors (Lipinski definition) is 2. The summed E-state index contributed by atoms with van der Waals surface area (Å²) in [6, 6.07) is 14.4. The number of rotatable bonds is 5. The van der Waals surface area contributed by atoms with E-state index in [0.717, 1.165) is 5.56 Å². The van der Waals surface area contributed by atoms with Gasteiger partial charge in [-0.2, -0.15) is 5.10 Å². The Labute approximate surface area is 173 Å². The monoisotopic (exact) mass is 409 g/mol. The number of nitrogens with one attached hydrogen (secondary N) is 1. The van der Waals surface area contributed by atoms with Gasteiger partial charge in [0.2, 0.25) is 0 Å². The van der Waals surface area contributed by atoms with E-state index >= 15 is 0 Å². The molecule has 1 amide bonds. The van der Waals surface area contributed by atoms with E-state index in [1.54, 1.807) is 32.0 Å². The van der Waals surface area contributed by atoms with Gasteiger partial charge in [0, 0.05) is 16.3 Å².